The Morgan fingerprint density at radius 3 is 2.80 bits per heavy atom. The molecule has 0 radical (unpaired) electrons. The molecule has 2 aromatic rings. The van der Waals surface area contributed by atoms with E-state index in [-0.39, 0.29) is 5.91 Å². The van der Waals surface area contributed by atoms with Gasteiger partial charge in [0.05, 0.1) is 10.6 Å². The standard InChI is InChI=1S/C14H13BrN2OS2/c1-2-8-5-6-20-12(8)14(18)17-11-4-3-9(13(16)19)7-10(11)15/h3-7H,2H2,1H3,(H2,16,19)(H,17,18). The van der Waals surface area contributed by atoms with Crippen molar-refractivity contribution in [1.82, 2.24) is 0 Å². The van der Waals surface area contributed by atoms with E-state index < -0.39 is 0 Å². The molecule has 0 bridgehead atoms. The summed E-state index contributed by atoms with van der Waals surface area (Å²) >= 11 is 9.79. The predicted molar refractivity (Wildman–Crippen MR) is 91.7 cm³/mol. The highest BCUT2D eigenvalue weighted by Gasteiger charge is 2.13. The van der Waals surface area contributed by atoms with Crippen LogP contribution >= 0.6 is 39.5 Å². The maximum atomic E-state index is 12.3. The van der Waals surface area contributed by atoms with E-state index in [4.69, 9.17) is 18.0 Å². The third-order valence-corrected chi connectivity index (χ3v) is 4.68. The van der Waals surface area contributed by atoms with Gasteiger partial charge in [0.25, 0.3) is 5.91 Å². The first kappa shape index (κ1) is 15.2. The second-order valence-corrected chi connectivity index (χ2v) is 6.35. The number of amides is 1. The molecule has 3 N–H and O–H groups in total. The Morgan fingerprint density at radius 1 is 1.45 bits per heavy atom. The third kappa shape index (κ3) is 3.26. The molecule has 0 spiro atoms. The molecule has 1 heterocycles. The van der Waals surface area contributed by atoms with Gasteiger partial charge in [-0.15, -0.1) is 11.3 Å². The van der Waals surface area contributed by atoms with Gasteiger partial charge >= 0.3 is 0 Å². The summed E-state index contributed by atoms with van der Waals surface area (Å²) in [6, 6.07) is 7.35. The fourth-order valence-corrected chi connectivity index (χ4v) is 3.26. The molecular weight excluding hydrogens is 356 g/mol. The van der Waals surface area contributed by atoms with E-state index in [1.54, 1.807) is 18.2 Å². The SMILES string of the molecule is CCc1ccsc1C(=O)Nc1ccc(C(N)=S)cc1Br. The van der Waals surface area contributed by atoms with Crippen molar-refractivity contribution in [2.24, 2.45) is 5.73 Å². The van der Waals surface area contributed by atoms with E-state index in [2.05, 4.69) is 21.2 Å². The number of hydrogen-bond acceptors (Lipinski definition) is 3. The topological polar surface area (TPSA) is 55.1 Å². The lowest BCUT2D eigenvalue weighted by Crippen LogP contribution is -2.13. The molecule has 0 atom stereocenters. The minimum atomic E-state index is -0.0966. The van der Waals surface area contributed by atoms with Crippen molar-refractivity contribution < 1.29 is 4.79 Å². The van der Waals surface area contributed by atoms with E-state index in [1.165, 1.54) is 11.3 Å². The lowest BCUT2D eigenvalue weighted by molar-refractivity contribution is 0.102. The molecule has 20 heavy (non-hydrogen) atoms. The molecular formula is C14H13BrN2OS2. The van der Waals surface area contributed by atoms with Gasteiger partial charge in [0.15, 0.2) is 0 Å². The fraction of sp³-hybridized carbons (Fsp3) is 0.143. The zero-order valence-electron chi connectivity index (χ0n) is 10.8. The number of nitrogens with one attached hydrogen (secondary N) is 1. The van der Waals surface area contributed by atoms with E-state index >= 15 is 0 Å². The van der Waals surface area contributed by atoms with Gasteiger partial charge in [0, 0.05) is 10.0 Å². The number of benzene rings is 1. The Bertz CT molecular complexity index is 667. The van der Waals surface area contributed by atoms with Crippen LogP contribution in [0.2, 0.25) is 0 Å². The molecule has 0 unspecified atom stereocenters. The van der Waals surface area contributed by atoms with E-state index in [9.17, 15) is 4.79 Å². The lowest BCUT2D eigenvalue weighted by Gasteiger charge is -2.09. The Morgan fingerprint density at radius 2 is 2.20 bits per heavy atom. The van der Waals surface area contributed by atoms with Crippen LogP contribution < -0.4 is 11.1 Å². The zero-order valence-corrected chi connectivity index (χ0v) is 14.0. The number of carbonyl (C=O) groups is 1. The number of carbonyl (C=O) groups excluding carboxylic acids is 1. The van der Waals surface area contributed by atoms with E-state index in [0.29, 0.717) is 10.7 Å². The minimum absolute atomic E-state index is 0.0966. The van der Waals surface area contributed by atoms with Crippen LogP contribution in [0.4, 0.5) is 5.69 Å². The fourth-order valence-electron chi connectivity index (χ4n) is 1.76. The molecule has 6 heteroatoms. The summed E-state index contributed by atoms with van der Waals surface area (Å²) in [5, 5.41) is 4.82. The van der Waals surface area contributed by atoms with Crippen LogP contribution in [0.1, 0.15) is 27.7 Å². The van der Waals surface area contributed by atoms with Crippen molar-refractivity contribution in [2.45, 2.75) is 13.3 Å². The largest absolute Gasteiger partial charge is 0.389 e. The Kier molecular flexibility index (Phi) is 4.91. The number of thiocarbonyl (C=S) groups is 1. The van der Waals surface area contributed by atoms with Gasteiger partial charge in [-0.05, 0) is 57.6 Å². The number of thiophene rings is 1. The predicted octanol–water partition coefficient (Wildman–Crippen LogP) is 3.96. The number of nitrogens with two attached hydrogens (primary N) is 1. The van der Waals surface area contributed by atoms with Crippen molar-refractivity contribution >= 4 is 56.1 Å². The van der Waals surface area contributed by atoms with Crippen LogP contribution in [-0.4, -0.2) is 10.9 Å². The normalized spacial score (nSPS) is 10.3. The van der Waals surface area contributed by atoms with Crippen LogP contribution in [0, 0.1) is 0 Å². The molecule has 3 nitrogen and oxygen atoms in total. The number of halogens is 1. The minimum Gasteiger partial charge on any atom is -0.389 e. The van der Waals surface area contributed by atoms with Gasteiger partial charge in [-0.1, -0.05) is 19.1 Å². The second-order valence-electron chi connectivity index (χ2n) is 4.14. The smallest absolute Gasteiger partial charge is 0.266 e. The molecule has 104 valence electrons. The van der Waals surface area contributed by atoms with Gasteiger partial charge < -0.3 is 11.1 Å². The second kappa shape index (κ2) is 6.47. The third-order valence-electron chi connectivity index (χ3n) is 2.84. The molecule has 2 rings (SSSR count). The van der Waals surface area contributed by atoms with Crippen LogP contribution in [0.3, 0.4) is 0 Å². The van der Waals surface area contributed by atoms with Gasteiger partial charge in [-0.2, -0.15) is 0 Å². The average molecular weight is 369 g/mol. The van der Waals surface area contributed by atoms with Crippen molar-refractivity contribution in [2.75, 3.05) is 5.32 Å². The van der Waals surface area contributed by atoms with Gasteiger partial charge in [0.2, 0.25) is 0 Å². The summed E-state index contributed by atoms with van der Waals surface area (Å²) in [6.07, 6.45) is 0.841. The average Bonchev–Trinajstić information content (AvgIpc) is 2.89. The van der Waals surface area contributed by atoms with E-state index in [1.807, 2.05) is 18.4 Å². The molecule has 0 aliphatic rings. The van der Waals surface area contributed by atoms with Crippen LogP contribution in [-0.2, 0) is 6.42 Å². The van der Waals surface area contributed by atoms with Gasteiger partial charge in [0.1, 0.15) is 4.99 Å². The summed E-state index contributed by atoms with van der Waals surface area (Å²) in [4.78, 5) is 13.3. The number of rotatable bonds is 4. The summed E-state index contributed by atoms with van der Waals surface area (Å²) < 4.78 is 0.755. The molecule has 0 fully saturated rings. The summed E-state index contributed by atoms with van der Waals surface area (Å²) in [5.74, 6) is -0.0966. The first-order chi connectivity index (χ1) is 9.52. The number of aryl methyl sites for hydroxylation is 1. The quantitative estimate of drug-likeness (QED) is 0.803. The highest BCUT2D eigenvalue weighted by molar-refractivity contribution is 9.10. The Labute approximate surface area is 135 Å². The summed E-state index contributed by atoms with van der Waals surface area (Å²) in [5.41, 5.74) is 8.09. The maximum absolute atomic E-state index is 12.3. The highest BCUT2D eigenvalue weighted by atomic mass is 79.9. The van der Waals surface area contributed by atoms with Crippen molar-refractivity contribution in [1.29, 1.82) is 0 Å². The van der Waals surface area contributed by atoms with Crippen molar-refractivity contribution in [3.8, 4) is 0 Å². The van der Waals surface area contributed by atoms with Crippen LogP contribution in [0.5, 0.6) is 0 Å². The first-order valence-electron chi connectivity index (χ1n) is 6.00. The summed E-state index contributed by atoms with van der Waals surface area (Å²) in [6.45, 7) is 2.03. The van der Waals surface area contributed by atoms with Gasteiger partial charge in [-0.3, -0.25) is 4.79 Å². The highest BCUT2D eigenvalue weighted by Crippen LogP contribution is 2.26. The lowest BCUT2D eigenvalue weighted by atomic mass is 10.2. The van der Waals surface area contributed by atoms with Gasteiger partial charge in [-0.25, -0.2) is 0 Å². The number of anilines is 1. The van der Waals surface area contributed by atoms with Crippen LogP contribution in [0.15, 0.2) is 34.1 Å². The zero-order chi connectivity index (χ0) is 14.7. The molecule has 0 aliphatic heterocycles. The number of hydrogen-bond donors (Lipinski definition) is 2. The summed E-state index contributed by atoms with van der Waals surface area (Å²) in [7, 11) is 0. The Balaban J connectivity index is 2.22. The molecule has 1 amide bonds. The molecule has 1 aromatic heterocycles. The molecule has 0 saturated heterocycles. The molecule has 1 aromatic carbocycles. The maximum Gasteiger partial charge on any atom is 0.266 e. The van der Waals surface area contributed by atoms with E-state index in [0.717, 1.165) is 26.9 Å². The van der Waals surface area contributed by atoms with Crippen LogP contribution in [0.25, 0.3) is 0 Å². The monoisotopic (exact) mass is 368 g/mol. The molecule has 0 saturated carbocycles. The first-order valence-corrected chi connectivity index (χ1v) is 8.08. The molecule has 0 aliphatic carbocycles. The van der Waals surface area contributed by atoms with Crippen molar-refractivity contribution in [3.05, 3.63) is 50.1 Å². The van der Waals surface area contributed by atoms with Crippen molar-refractivity contribution in [3.63, 3.8) is 0 Å². The Hall–Kier alpha value is -1.24.